The summed E-state index contributed by atoms with van der Waals surface area (Å²) in [6, 6.07) is 11.8. The van der Waals surface area contributed by atoms with Crippen molar-refractivity contribution in [3.63, 3.8) is 0 Å². The van der Waals surface area contributed by atoms with Crippen molar-refractivity contribution in [1.29, 1.82) is 0 Å². The van der Waals surface area contributed by atoms with Crippen molar-refractivity contribution in [2.45, 2.75) is 0 Å². The molecule has 2 N–H and O–H groups in total. The lowest BCUT2D eigenvalue weighted by molar-refractivity contribution is 0.626. The Morgan fingerprint density at radius 1 is 1.00 bits per heavy atom. The zero-order valence-electron chi connectivity index (χ0n) is 10.7. The van der Waals surface area contributed by atoms with Gasteiger partial charge in [0.1, 0.15) is 17.5 Å². The van der Waals surface area contributed by atoms with Gasteiger partial charge in [-0.2, -0.15) is 5.10 Å². The van der Waals surface area contributed by atoms with Gasteiger partial charge in [0.25, 0.3) is 0 Å². The van der Waals surface area contributed by atoms with Crippen LogP contribution in [-0.4, -0.2) is 9.78 Å². The summed E-state index contributed by atoms with van der Waals surface area (Å²) in [5.74, 6) is -0.533. The molecule has 0 bridgehead atoms. The van der Waals surface area contributed by atoms with Crippen molar-refractivity contribution in [3.05, 3.63) is 65.2 Å². The molecule has 0 saturated carbocycles. The first-order chi connectivity index (χ1) is 10.0. The molecule has 0 spiro atoms. The second kappa shape index (κ2) is 5.18. The number of nitrogen functional groups attached to an aromatic ring is 1. The molecule has 0 saturated heterocycles. The molecule has 0 fully saturated rings. The van der Waals surface area contributed by atoms with Crippen LogP contribution in [0.2, 0.25) is 5.02 Å². The summed E-state index contributed by atoms with van der Waals surface area (Å²) in [7, 11) is 0. The third-order valence-corrected chi connectivity index (χ3v) is 3.33. The van der Waals surface area contributed by atoms with E-state index >= 15 is 0 Å². The summed E-state index contributed by atoms with van der Waals surface area (Å²) in [5, 5.41) is 4.34. The van der Waals surface area contributed by atoms with E-state index < -0.39 is 5.82 Å². The molecule has 3 nitrogen and oxygen atoms in total. The summed E-state index contributed by atoms with van der Waals surface area (Å²) in [4.78, 5) is 0. The van der Waals surface area contributed by atoms with Crippen LogP contribution in [0.25, 0.3) is 16.9 Å². The van der Waals surface area contributed by atoms with Crippen molar-refractivity contribution in [1.82, 2.24) is 9.78 Å². The van der Waals surface area contributed by atoms with Gasteiger partial charge in [0.2, 0.25) is 0 Å². The number of hydrogen-bond donors (Lipinski definition) is 1. The van der Waals surface area contributed by atoms with Crippen LogP contribution >= 0.6 is 11.6 Å². The molecule has 3 rings (SSSR count). The van der Waals surface area contributed by atoms with Crippen LogP contribution in [-0.2, 0) is 0 Å². The molecule has 106 valence electrons. The standard InChI is InChI=1S/C15H10ClF2N3/c16-12-6-5-11(7-13(12)18)21-15(19)8-14(20-21)9-1-3-10(17)4-2-9/h1-8H,19H2. The SMILES string of the molecule is Nc1cc(-c2ccc(F)cc2)nn1-c1ccc(Cl)c(F)c1. The minimum Gasteiger partial charge on any atom is -0.384 e. The highest BCUT2D eigenvalue weighted by Gasteiger charge is 2.10. The summed E-state index contributed by atoms with van der Waals surface area (Å²) < 4.78 is 27.8. The molecule has 6 heteroatoms. The quantitative estimate of drug-likeness (QED) is 0.776. The van der Waals surface area contributed by atoms with Gasteiger partial charge in [0.05, 0.1) is 16.4 Å². The van der Waals surface area contributed by atoms with Gasteiger partial charge in [-0.1, -0.05) is 11.6 Å². The number of nitrogens with two attached hydrogens (primary N) is 1. The van der Waals surface area contributed by atoms with Crippen LogP contribution in [0.3, 0.4) is 0 Å². The fourth-order valence-corrected chi connectivity index (χ4v) is 2.10. The van der Waals surface area contributed by atoms with E-state index in [1.165, 1.54) is 28.9 Å². The zero-order chi connectivity index (χ0) is 15.0. The molecule has 0 atom stereocenters. The van der Waals surface area contributed by atoms with Crippen molar-refractivity contribution in [2.24, 2.45) is 0 Å². The van der Waals surface area contributed by atoms with Crippen molar-refractivity contribution >= 4 is 17.4 Å². The Balaban J connectivity index is 2.05. The predicted octanol–water partition coefficient (Wildman–Crippen LogP) is 4.05. The van der Waals surface area contributed by atoms with E-state index in [2.05, 4.69) is 5.10 Å². The maximum atomic E-state index is 13.5. The minimum absolute atomic E-state index is 0.0308. The third-order valence-electron chi connectivity index (χ3n) is 3.02. The van der Waals surface area contributed by atoms with Crippen molar-refractivity contribution in [2.75, 3.05) is 5.73 Å². The third kappa shape index (κ3) is 2.60. The number of rotatable bonds is 2. The van der Waals surface area contributed by atoms with Crippen molar-refractivity contribution in [3.8, 4) is 16.9 Å². The average molecular weight is 306 g/mol. The maximum Gasteiger partial charge on any atom is 0.143 e. The molecule has 0 radical (unpaired) electrons. The molecule has 0 aliphatic carbocycles. The average Bonchev–Trinajstić information content (AvgIpc) is 2.85. The molecule has 1 aromatic heterocycles. The normalized spacial score (nSPS) is 10.8. The van der Waals surface area contributed by atoms with Crippen LogP contribution in [0.4, 0.5) is 14.6 Å². The van der Waals surface area contributed by atoms with Gasteiger partial charge < -0.3 is 5.73 Å². The van der Waals surface area contributed by atoms with Gasteiger partial charge in [-0.3, -0.25) is 0 Å². The Bertz CT molecular complexity index is 797. The highest BCUT2D eigenvalue weighted by atomic mass is 35.5. The van der Waals surface area contributed by atoms with Gasteiger partial charge in [-0.25, -0.2) is 13.5 Å². The first-order valence-electron chi connectivity index (χ1n) is 6.11. The van der Waals surface area contributed by atoms with Gasteiger partial charge in [0.15, 0.2) is 0 Å². The predicted molar refractivity (Wildman–Crippen MR) is 78.3 cm³/mol. The van der Waals surface area contributed by atoms with E-state index in [1.54, 1.807) is 24.3 Å². The molecule has 1 heterocycles. The van der Waals surface area contributed by atoms with E-state index in [0.717, 1.165) is 5.56 Å². The van der Waals surface area contributed by atoms with Gasteiger partial charge in [-0.15, -0.1) is 0 Å². The van der Waals surface area contributed by atoms with Gasteiger partial charge >= 0.3 is 0 Å². The van der Waals surface area contributed by atoms with Gasteiger partial charge in [-0.05, 0) is 36.4 Å². The van der Waals surface area contributed by atoms with Crippen LogP contribution < -0.4 is 5.73 Å². The van der Waals surface area contributed by atoms with Gasteiger partial charge in [0, 0.05) is 17.7 Å². The Morgan fingerprint density at radius 3 is 2.38 bits per heavy atom. The molecule has 0 amide bonds. The molecule has 2 aromatic carbocycles. The Hall–Kier alpha value is -2.40. The van der Waals surface area contributed by atoms with Crippen LogP contribution in [0.5, 0.6) is 0 Å². The highest BCUT2D eigenvalue weighted by molar-refractivity contribution is 6.30. The largest absolute Gasteiger partial charge is 0.384 e. The summed E-state index contributed by atoms with van der Waals surface area (Å²) >= 11 is 5.65. The van der Waals surface area contributed by atoms with Crippen LogP contribution in [0, 0.1) is 11.6 Å². The molecular formula is C15H10ClF2N3. The Morgan fingerprint density at radius 2 is 1.71 bits per heavy atom. The number of hydrogen-bond acceptors (Lipinski definition) is 2. The molecule has 0 aliphatic rings. The number of aromatic nitrogens is 2. The minimum atomic E-state index is -0.549. The number of nitrogens with zero attached hydrogens (tertiary/aromatic N) is 2. The monoisotopic (exact) mass is 305 g/mol. The molecule has 0 unspecified atom stereocenters. The van der Waals surface area contributed by atoms with Crippen LogP contribution in [0.1, 0.15) is 0 Å². The number of benzene rings is 2. The van der Waals surface area contributed by atoms with E-state index in [4.69, 9.17) is 17.3 Å². The fraction of sp³-hybridized carbons (Fsp3) is 0. The van der Waals surface area contributed by atoms with E-state index in [9.17, 15) is 8.78 Å². The fourth-order valence-electron chi connectivity index (χ4n) is 1.98. The number of anilines is 1. The topological polar surface area (TPSA) is 43.8 Å². The maximum absolute atomic E-state index is 13.5. The first kappa shape index (κ1) is 13.6. The summed E-state index contributed by atoms with van der Waals surface area (Å²) in [5.41, 5.74) is 7.65. The summed E-state index contributed by atoms with van der Waals surface area (Å²) in [6.07, 6.45) is 0. The molecular weight excluding hydrogens is 296 g/mol. The lowest BCUT2D eigenvalue weighted by Gasteiger charge is -2.04. The number of halogens is 3. The highest BCUT2D eigenvalue weighted by Crippen LogP contribution is 2.25. The summed E-state index contributed by atoms with van der Waals surface area (Å²) in [6.45, 7) is 0. The molecule has 21 heavy (non-hydrogen) atoms. The first-order valence-corrected chi connectivity index (χ1v) is 6.49. The van der Waals surface area contributed by atoms with Crippen LogP contribution in [0.15, 0.2) is 48.5 Å². The van der Waals surface area contributed by atoms with Crippen molar-refractivity contribution < 1.29 is 8.78 Å². The Labute approximate surface area is 124 Å². The van der Waals surface area contributed by atoms with E-state index in [-0.39, 0.29) is 10.8 Å². The molecule has 3 aromatic rings. The lowest BCUT2D eigenvalue weighted by Crippen LogP contribution is -2.02. The molecule has 0 aliphatic heterocycles. The second-order valence-corrected chi connectivity index (χ2v) is 4.88. The zero-order valence-corrected chi connectivity index (χ0v) is 11.5. The smallest absolute Gasteiger partial charge is 0.143 e. The Kier molecular flexibility index (Phi) is 3.35. The van der Waals surface area contributed by atoms with E-state index in [1.807, 2.05) is 0 Å². The second-order valence-electron chi connectivity index (χ2n) is 4.47. The lowest BCUT2D eigenvalue weighted by atomic mass is 10.1. The van der Waals surface area contributed by atoms with E-state index in [0.29, 0.717) is 17.2 Å².